The van der Waals surface area contributed by atoms with Gasteiger partial charge >= 0.3 is 6.18 Å². The number of carbonyl (C=O) groups excluding carboxylic acids is 1. The standard InChI is InChI=1S/C18H24F3NO2/c1-12-9-10-15(13(2)11-12)22-16(23)17(24-3,18(19,20)21)14-7-5-4-6-8-14/h4-8,12-13,15H,9-11H2,1-3H3,(H,22,23)/t12-,13-,15+,17+/m0/s1. The molecule has 0 radical (unpaired) electrons. The van der Waals surface area contributed by atoms with Crippen molar-refractivity contribution in [3.8, 4) is 0 Å². The van der Waals surface area contributed by atoms with Gasteiger partial charge in [-0.25, -0.2) is 0 Å². The Kier molecular flexibility index (Phi) is 5.58. The van der Waals surface area contributed by atoms with E-state index in [1.54, 1.807) is 6.07 Å². The zero-order valence-electron chi connectivity index (χ0n) is 14.2. The normalized spacial score (nSPS) is 27.3. The first kappa shape index (κ1) is 18.8. The highest BCUT2D eigenvalue weighted by Crippen LogP contribution is 2.42. The molecule has 1 aliphatic carbocycles. The number of halogens is 3. The van der Waals surface area contributed by atoms with Crippen LogP contribution in [0.4, 0.5) is 13.2 Å². The van der Waals surface area contributed by atoms with Gasteiger partial charge in [-0.3, -0.25) is 4.79 Å². The number of ether oxygens (including phenoxy) is 1. The van der Waals surface area contributed by atoms with Crippen molar-refractivity contribution in [2.24, 2.45) is 11.8 Å². The van der Waals surface area contributed by atoms with Gasteiger partial charge < -0.3 is 10.1 Å². The summed E-state index contributed by atoms with van der Waals surface area (Å²) in [5, 5.41) is 2.60. The summed E-state index contributed by atoms with van der Waals surface area (Å²) < 4.78 is 46.3. The Morgan fingerprint density at radius 1 is 1.17 bits per heavy atom. The number of benzene rings is 1. The quantitative estimate of drug-likeness (QED) is 0.896. The molecule has 1 amide bonds. The highest BCUT2D eigenvalue weighted by molar-refractivity contribution is 5.88. The minimum Gasteiger partial charge on any atom is -0.356 e. The lowest BCUT2D eigenvalue weighted by molar-refractivity contribution is -0.266. The van der Waals surface area contributed by atoms with Gasteiger partial charge in [0, 0.05) is 18.7 Å². The van der Waals surface area contributed by atoms with Crippen LogP contribution in [0.1, 0.15) is 38.7 Å². The van der Waals surface area contributed by atoms with Crippen LogP contribution in [-0.4, -0.2) is 25.2 Å². The van der Waals surface area contributed by atoms with Crippen LogP contribution in [0.25, 0.3) is 0 Å². The summed E-state index contributed by atoms with van der Waals surface area (Å²) in [5.74, 6) is -0.483. The summed E-state index contributed by atoms with van der Waals surface area (Å²) in [4.78, 5) is 12.7. The maximum absolute atomic E-state index is 13.8. The fourth-order valence-electron chi connectivity index (χ4n) is 3.57. The van der Waals surface area contributed by atoms with Crippen molar-refractivity contribution in [2.45, 2.75) is 50.9 Å². The van der Waals surface area contributed by atoms with Gasteiger partial charge in [0.1, 0.15) is 0 Å². The monoisotopic (exact) mass is 343 g/mol. The molecular formula is C18H24F3NO2. The molecule has 0 spiro atoms. The molecule has 1 N–H and O–H groups in total. The van der Waals surface area contributed by atoms with Crippen LogP contribution in [0.15, 0.2) is 30.3 Å². The van der Waals surface area contributed by atoms with E-state index in [2.05, 4.69) is 12.2 Å². The molecule has 0 unspecified atom stereocenters. The van der Waals surface area contributed by atoms with Crippen LogP contribution in [0.3, 0.4) is 0 Å². The SMILES string of the molecule is CO[C@@](C(=O)N[C@@H]1CC[C@H](C)C[C@@H]1C)(c1ccccc1)C(F)(F)F. The van der Waals surface area contributed by atoms with E-state index in [1.807, 2.05) is 6.92 Å². The lowest BCUT2D eigenvalue weighted by atomic mass is 9.79. The summed E-state index contributed by atoms with van der Waals surface area (Å²) in [6.07, 6.45) is -2.40. The molecule has 1 aromatic rings. The van der Waals surface area contributed by atoms with E-state index in [0.29, 0.717) is 12.3 Å². The first-order valence-electron chi connectivity index (χ1n) is 8.20. The first-order chi connectivity index (χ1) is 11.2. The van der Waals surface area contributed by atoms with Crippen molar-refractivity contribution < 1.29 is 22.7 Å². The van der Waals surface area contributed by atoms with Gasteiger partial charge in [0.15, 0.2) is 0 Å². The Labute approximate surface area is 140 Å². The third kappa shape index (κ3) is 3.43. The van der Waals surface area contributed by atoms with Crippen molar-refractivity contribution in [3.05, 3.63) is 35.9 Å². The van der Waals surface area contributed by atoms with E-state index in [9.17, 15) is 18.0 Å². The summed E-state index contributed by atoms with van der Waals surface area (Å²) in [6.45, 7) is 4.08. The number of hydrogen-bond acceptors (Lipinski definition) is 2. The van der Waals surface area contributed by atoms with Gasteiger partial charge in [0.2, 0.25) is 0 Å². The van der Waals surface area contributed by atoms with Gasteiger partial charge in [-0.15, -0.1) is 0 Å². The topological polar surface area (TPSA) is 38.3 Å². The van der Waals surface area contributed by atoms with Gasteiger partial charge in [0.25, 0.3) is 11.5 Å². The second-order valence-corrected chi connectivity index (χ2v) is 6.72. The third-order valence-electron chi connectivity index (χ3n) is 4.95. The number of amides is 1. The Balaban J connectivity index is 2.32. The second kappa shape index (κ2) is 7.13. The highest BCUT2D eigenvalue weighted by atomic mass is 19.4. The maximum atomic E-state index is 13.8. The molecule has 1 aromatic carbocycles. The van der Waals surface area contributed by atoms with E-state index in [1.165, 1.54) is 24.3 Å². The van der Waals surface area contributed by atoms with E-state index in [0.717, 1.165) is 20.0 Å². The summed E-state index contributed by atoms with van der Waals surface area (Å²) in [7, 11) is 0.923. The average Bonchev–Trinajstić information content (AvgIpc) is 2.51. The van der Waals surface area contributed by atoms with Crippen LogP contribution in [0.2, 0.25) is 0 Å². The molecule has 0 bridgehead atoms. The predicted molar refractivity (Wildman–Crippen MR) is 85.3 cm³/mol. The van der Waals surface area contributed by atoms with Crippen molar-refractivity contribution in [3.63, 3.8) is 0 Å². The van der Waals surface area contributed by atoms with Gasteiger partial charge in [0.05, 0.1) is 0 Å². The number of alkyl halides is 3. The Bertz CT molecular complexity index is 561. The Morgan fingerprint density at radius 3 is 2.29 bits per heavy atom. The van der Waals surface area contributed by atoms with Crippen molar-refractivity contribution in [1.29, 1.82) is 0 Å². The molecule has 1 aliphatic rings. The van der Waals surface area contributed by atoms with Crippen LogP contribution in [0, 0.1) is 11.8 Å². The Hall–Kier alpha value is -1.56. The predicted octanol–water partition coefficient (Wildman–Crippen LogP) is 4.03. The summed E-state index contributed by atoms with van der Waals surface area (Å²) in [5.41, 5.74) is -3.20. The van der Waals surface area contributed by atoms with E-state index < -0.39 is 17.7 Å². The molecular weight excluding hydrogens is 319 g/mol. The number of nitrogens with one attached hydrogen (secondary N) is 1. The fraction of sp³-hybridized carbons (Fsp3) is 0.611. The van der Waals surface area contributed by atoms with Crippen molar-refractivity contribution in [1.82, 2.24) is 5.32 Å². The molecule has 0 saturated heterocycles. The maximum Gasteiger partial charge on any atom is 0.430 e. The lowest BCUT2D eigenvalue weighted by Crippen LogP contribution is -2.58. The highest BCUT2D eigenvalue weighted by Gasteiger charge is 2.62. The Morgan fingerprint density at radius 2 is 1.79 bits per heavy atom. The minimum atomic E-state index is -4.86. The number of methoxy groups -OCH3 is 1. The van der Waals surface area contributed by atoms with Crippen molar-refractivity contribution in [2.75, 3.05) is 7.11 Å². The van der Waals surface area contributed by atoms with Crippen LogP contribution < -0.4 is 5.32 Å². The van der Waals surface area contributed by atoms with Crippen LogP contribution in [-0.2, 0) is 15.1 Å². The van der Waals surface area contributed by atoms with E-state index >= 15 is 0 Å². The van der Waals surface area contributed by atoms with Crippen molar-refractivity contribution >= 4 is 5.91 Å². The zero-order chi connectivity index (χ0) is 18.0. The zero-order valence-corrected chi connectivity index (χ0v) is 14.2. The summed E-state index contributed by atoms with van der Waals surface area (Å²) in [6, 6.07) is 6.80. The largest absolute Gasteiger partial charge is 0.430 e. The number of carbonyl (C=O) groups is 1. The molecule has 0 aromatic heterocycles. The second-order valence-electron chi connectivity index (χ2n) is 6.72. The molecule has 2 rings (SSSR count). The third-order valence-corrected chi connectivity index (χ3v) is 4.95. The molecule has 0 heterocycles. The number of rotatable bonds is 4. The lowest BCUT2D eigenvalue weighted by Gasteiger charge is -2.38. The molecule has 1 fully saturated rings. The first-order valence-corrected chi connectivity index (χ1v) is 8.20. The molecule has 0 aliphatic heterocycles. The molecule has 134 valence electrons. The van der Waals surface area contributed by atoms with Gasteiger partial charge in [-0.2, -0.15) is 13.2 Å². The molecule has 4 atom stereocenters. The average molecular weight is 343 g/mol. The summed E-state index contributed by atoms with van der Waals surface area (Å²) >= 11 is 0. The molecule has 24 heavy (non-hydrogen) atoms. The minimum absolute atomic E-state index is 0.135. The molecule has 1 saturated carbocycles. The molecule has 6 heteroatoms. The van der Waals surface area contributed by atoms with Crippen LogP contribution >= 0.6 is 0 Å². The van der Waals surface area contributed by atoms with E-state index in [4.69, 9.17) is 4.74 Å². The molecule has 3 nitrogen and oxygen atoms in total. The number of hydrogen-bond donors (Lipinski definition) is 1. The van der Waals surface area contributed by atoms with Gasteiger partial charge in [-0.05, 0) is 31.1 Å². The van der Waals surface area contributed by atoms with E-state index in [-0.39, 0.29) is 17.5 Å². The van der Waals surface area contributed by atoms with Crippen LogP contribution in [0.5, 0.6) is 0 Å². The van der Waals surface area contributed by atoms with Gasteiger partial charge in [-0.1, -0.05) is 44.2 Å². The fourth-order valence-corrected chi connectivity index (χ4v) is 3.57. The smallest absolute Gasteiger partial charge is 0.356 e.